The molecular formula is C24H24N8O2. The van der Waals surface area contributed by atoms with Crippen LogP contribution in [0.4, 0.5) is 17.6 Å². The molecule has 4 aromatic heterocycles. The Labute approximate surface area is 196 Å². The molecular weight excluding hydrogens is 432 g/mol. The van der Waals surface area contributed by atoms with Crippen molar-refractivity contribution >= 4 is 17.6 Å². The van der Waals surface area contributed by atoms with Gasteiger partial charge in [-0.1, -0.05) is 17.1 Å². The first-order valence-corrected chi connectivity index (χ1v) is 11.0. The molecule has 172 valence electrons. The summed E-state index contributed by atoms with van der Waals surface area (Å²) in [5, 5.41) is 14.6. The summed E-state index contributed by atoms with van der Waals surface area (Å²) < 4.78 is 10.8. The van der Waals surface area contributed by atoms with Crippen LogP contribution in [0, 0.1) is 18.8 Å². The maximum Gasteiger partial charge on any atom is 0.229 e. The minimum absolute atomic E-state index is 0.0346. The summed E-state index contributed by atoms with van der Waals surface area (Å²) in [4.78, 5) is 16.0. The van der Waals surface area contributed by atoms with Crippen LogP contribution in [0.2, 0.25) is 0 Å². The van der Waals surface area contributed by atoms with E-state index in [0.717, 1.165) is 36.5 Å². The number of hydrogen-bond acceptors (Lipinski definition) is 9. The fourth-order valence-electron chi connectivity index (χ4n) is 3.89. The number of H-pyrrole nitrogens is 1. The predicted octanol–water partition coefficient (Wildman–Crippen LogP) is 3.64. The summed E-state index contributed by atoms with van der Waals surface area (Å²) in [6, 6.07) is 11.3. The molecule has 0 aliphatic carbocycles. The van der Waals surface area contributed by atoms with E-state index >= 15 is 0 Å². The van der Waals surface area contributed by atoms with Gasteiger partial charge in [0.05, 0.1) is 11.7 Å². The van der Waals surface area contributed by atoms with E-state index in [0.29, 0.717) is 35.6 Å². The molecule has 4 aromatic rings. The standard InChI is InChI=1S/C24H24N8O2/c1-16-13-23(30-29-16)27-22-14-17(7-6-12-33-2)26-24(28-22)32-11-5-9-20(32)21-15-19(31-34-21)18-8-3-4-10-25-18/h3-4,8,10,13-15,20H,5,9,11-12H2,1-2H3,(H2,26,27,28,29,30)/t20-/m0/s1. The molecule has 1 aliphatic heterocycles. The second-order valence-corrected chi connectivity index (χ2v) is 7.92. The van der Waals surface area contributed by atoms with Crippen LogP contribution in [0.5, 0.6) is 0 Å². The van der Waals surface area contributed by atoms with Crippen molar-refractivity contribution in [3.8, 4) is 23.2 Å². The molecule has 34 heavy (non-hydrogen) atoms. The SMILES string of the molecule is COCC#Cc1cc(Nc2cc(C)[nH]n2)nc(N2CCC[C@H]2c2cc(-c3ccccn3)no2)n1. The van der Waals surface area contributed by atoms with Gasteiger partial charge in [-0.2, -0.15) is 10.1 Å². The molecule has 5 rings (SSSR count). The third-order valence-electron chi connectivity index (χ3n) is 5.40. The number of rotatable bonds is 6. The van der Waals surface area contributed by atoms with Crippen LogP contribution in [0.25, 0.3) is 11.4 Å². The van der Waals surface area contributed by atoms with Crippen LogP contribution in [-0.4, -0.2) is 50.6 Å². The smallest absolute Gasteiger partial charge is 0.229 e. The number of nitrogens with one attached hydrogen (secondary N) is 2. The first kappa shape index (κ1) is 21.6. The van der Waals surface area contributed by atoms with Gasteiger partial charge in [0.1, 0.15) is 23.8 Å². The minimum atomic E-state index is -0.0346. The summed E-state index contributed by atoms with van der Waals surface area (Å²) in [5.74, 6) is 8.62. The number of hydrogen-bond donors (Lipinski definition) is 2. The fraction of sp³-hybridized carbons (Fsp3) is 0.292. The number of aromatic amines is 1. The summed E-state index contributed by atoms with van der Waals surface area (Å²) >= 11 is 0. The van der Waals surface area contributed by atoms with Gasteiger partial charge in [-0.15, -0.1) is 0 Å². The molecule has 0 radical (unpaired) electrons. The van der Waals surface area contributed by atoms with Gasteiger partial charge in [-0.3, -0.25) is 10.1 Å². The maximum atomic E-state index is 5.73. The van der Waals surface area contributed by atoms with Crippen molar-refractivity contribution in [1.29, 1.82) is 0 Å². The monoisotopic (exact) mass is 456 g/mol. The number of aryl methyl sites for hydroxylation is 1. The molecule has 1 atom stereocenters. The first-order valence-electron chi connectivity index (χ1n) is 11.0. The number of aromatic nitrogens is 6. The van der Waals surface area contributed by atoms with E-state index in [2.05, 4.69) is 42.4 Å². The highest BCUT2D eigenvalue weighted by Gasteiger charge is 2.32. The van der Waals surface area contributed by atoms with E-state index in [1.807, 2.05) is 37.3 Å². The summed E-state index contributed by atoms with van der Waals surface area (Å²) in [6.45, 7) is 3.05. The normalized spacial score (nSPS) is 15.2. The van der Waals surface area contributed by atoms with Crippen LogP contribution < -0.4 is 10.2 Å². The Balaban J connectivity index is 1.46. The summed E-state index contributed by atoms with van der Waals surface area (Å²) in [5.41, 5.74) is 3.02. The summed E-state index contributed by atoms with van der Waals surface area (Å²) in [7, 11) is 1.61. The van der Waals surface area contributed by atoms with Crippen molar-refractivity contribution in [2.75, 3.05) is 30.5 Å². The van der Waals surface area contributed by atoms with E-state index in [4.69, 9.17) is 19.2 Å². The second kappa shape index (κ2) is 9.72. The highest BCUT2D eigenvalue weighted by molar-refractivity contribution is 5.57. The van der Waals surface area contributed by atoms with Gasteiger partial charge in [0, 0.05) is 43.7 Å². The van der Waals surface area contributed by atoms with Crippen LogP contribution in [0.15, 0.2) is 47.1 Å². The van der Waals surface area contributed by atoms with Gasteiger partial charge in [0.25, 0.3) is 0 Å². The van der Waals surface area contributed by atoms with Crippen molar-refractivity contribution in [3.05, 3.63) is 59.7 Å². The van der Waals surface area contributed by atoms with Crippen molar-refractivity contribution in [3.63, 3.8) is 0 Å². The van der Waals surface area contributed by atoms with Crippen molar-refractivity contribution < 1.29 is 9.26 Å². The Bertz CT molecular complexity index is 1320. The molecule has 5 heterocycles. The largest absolute Gasteiger partial charge is 0.372 e. The molecule has 0 spiro atoms. The third-order valence-corrected chi connectivity index (χ3v) is 5.40. The van der Waals surface area contributed by atoms with E-state index in [9.17, 15) is 0 Å². The molecule has 2 N–H and O–H groups in total. The van der Waals surface area contributed by atoms with E-state index in [-0.39, 0.29) is 6.04 Å². The lowest BCUT2D eigenvalue weighted by molar-refractivity contribution is 0.240. The van der Waals surface area contributed by atoms with Gasteiger partial charge in [-0.25, -0.2) is 4.98 Å². The highest BCUT2D eigenvalue weighted by atomic mass is 16.5. The summed E-state index contributed by atoms with van der Waals surface area (Å²) in [6.07, 6.45) is 3.63. The van der Waals surface area contributed by atoms with E-state index < -0.39 is 0 Å². The molecule has 10 heteroatoms. The topological polar surface area (TPSA) is 118 Å². The first-order chi connectivity index (χ1) is 16.7. The molecule has 1 fully saturated rings. The minimum Gasteiger partial charge on any atom is -0.372 e. The van der Waals surface area contributed by atoms with Gasteiger partial charge in [0.2, 0.25) is 5.95 Å². The second-order valence-electron chi connectivity index (χ2n) is 7.92. The van der Waals surface area contributed by atoms with E-state index in [1.54, 1.807) is 19.4 Å². The predicted molar refractivity (Wildman–Crippen MR) is 126 cm³/mol. The zero-order chi connectivity index (χ0) is 23.3. The van der Waals surface area contributed by atoms with Gasteiger partial charge >= 0.3 is 0 Å². The van der Waals surface area contributed by atoms with Gasteiger partial charge in [-0.05, 0) is 37.8 Å². The molecule has 1 saturated heterocycles. The maximum absolute atomic E-state index is 5.73. The number of anilines is 3. The van der Waals surface area contributed by atoms with Crippen LogP contribution in [0.3, 0.4) is 0 Å². The average molecular weight is 457 g/mol. The lowest BCUT2D eigenvalue weighted by Crippen LogP contribution is -2.25. The molecule has 0 aromatic carbocycles. The van der Waals surface area contributed by atoms with Crippen LogP contribution in [-0.2, 0) is 4.74 Å². The Kier molecular flexibility index (Phi) is 6.18. The average Bonchev–Trinajstić information content (AvgIpc) is 3.60. The van der Waals surface area contributed by atoms with Gasteiger partial charge < -0.3 is 19.5 Å². The van der Waals surface area contributed by atoms with Crippen LogP contribution >= 0.6 is 0 Å². The molecule has 0 amide bonds. The third kappa shape index (κ3) is 4.74. The zero-order valence-electron chi connectivity index (χ0n) is 18.9. The fourth-order valence-corrected chi connectivity index (χ4v) is 3.89. The molecule has 0 bridgehead atoms. The number of ether oxygens (including phenoxy) is 1. The lowest BCUT2D eigenvalue weighted by Gasteiger charge is -2.23. The van der Waals surface area contributed by atoms with Crippen molar-refractivity contribution in [2.24, 2.45) is 0 Å². The highest BCUT2D eigenvalue weighted by Crippen LogP contribution is 2.36. The molecule has 1 aliphatic rings. The zero-order valence-corrected chi connectivity index (χ0v) is 18.9. The molecule has 0 saturated carbocycles. The van der Waals surface area contributed by atoms with Crippen LogP contribution in [0.1, 0.15) is 36.0 Å². The quantitative estimate of drug-likeness (QED) is 0.419. The molecule has 0 unspecified atom stereocenters. The Morgan fingerprint density at radius 2 is 2.15 bits per heavy atom. The number of nitrogens with zero attached hydrogens (tertiary/aromatic N) is 6. The Morgan fingerprint density at radius 3 is 2.94 bits per heavy atom. The lowest BCUT2D eigenvalue weighted by atomic mass is 10.1. The Morgan fingerprint density at radius 1 is 1.21 bits per heavy atom. The molecule has 10 nitrogen and oxygen atoms in total. The number of pyridine rings is 1. The van der Waals surface area contributed by atoms with Crippen molar-refractivity contribution in [2.45, 2.75) is 25.8 Å². The van der Waals surface area contributed by atoms with Crippen molar-refractivity contribution in [1.82, 2.24) is 30.3 Å². The van der Waals surface area contributed by atoms with Gasteiger partial charge in [0.15, 0.2) is 11.6 Å². The van der Waals surface area contributed by atoms with E-state index in [1.165, 1.54) is 0 Å². The Hall–Kier alpha value is -4.23. The number of methoxy groups -OCH3 is 1.